The second kappa shape index (κ2) is 4.80. The van der Waals surface area contributed by atoms with Crippen molar-refractivity contribution < 1.29 is 0 Å². The Hall–Kier alpha value is -1.30. The Bertz CT molecular complexity index is 330. The number of hydrogen-bond acceptors (Lipinski definition) is 0. The normalized spacial score (nSPS) is 20.7. The van der Waals surface area contributed by atoms with E-state index in [9.17, 15) is 0 Å². The number of benzene rings is 1. The molecule has 0 spiro atoms. The summed E-state index contributed by atoms with van der Waals surface area (Å²) in [5.74, 6) is 0. The summed E-state index contributed by atoms with van der Waals surface area (Å²) in [7, 11) is 0. The van der Waals surface area contributed by atoms with Gasteiger partial charge in [0.1, 0.15) is 0 Å². The van der Waals surface area contributed by atoms with Crippen LogP contribution in [-0.2, 0) is 0 Å². The Morgan fingerprint density at radius 1 is 0.786 bits per heavy atom. The molecule has 1 aliphatic carbocycles. The maximum atomic E-state index is 2.39. The highest BCUT2D eigenvalue weighted by Crippen LogP contribution is 2.22. The van der Waals surface area contributed by atoms with Gasteiger partial charge in [-0.05, 0) is 36.8 Å². The van der Waals surface area contributed by atoms with Gasteiger partial charge in [-0.1, -0.05) is 48.6 Å². The van der Waals surface area contributed by atoms with E-state index in [0.717, 1.165) is 0 Å². The van der Waals surface area contributed by atoms with Crippen LogP contribution >= 0.6 is 0 Å². The molecule has 1 aromatic carbocycles. The summed E-state index contributed by atoms with van der Waals surface area (Å²) >= 11 is 0. The molecule has 72 valence electrons. The van der Waals surface area contributed by atoms with E-state index in [0.29, 0.717) is 0 Å². The molecule has 1 aliphatic rings. The molecule has 0 atom stereocenters. The third-order valence-corrected chi connectivity index (χ3v) is 2.62. The van der Waals surface area contributed by atoms with Gasteiger partial charge < -0.3 is 0 Å². The average Bonchev–Trinajstić information content (AvgIpc) is 2.18. The van der Waals surface area contributed by atoms with Crippen LogP contribution in [0.15, 0.2) is 48.6 Å². The molecule has 0 saturated carbocycles. The van der Waals surface area contributed by atoms with Crippen LogP contribution in [0.5, 0.6) is 0 Å². The Balaban J connectivity index is 2.17. The van der Waals surface area contributed by atoms with Crippen molar-refractivity contribution in [3.8, 4) is 0 Å². The van der Waals surface area contributed by atoms with Crippen LogP contribution in [0.4, 0.5) is 0 Å². The topological polar surface area (TPSA) is 0 Å². The highest BCUT2D eigenvalue weighted by molar-refractivity contribution is 5.65. The first-order chi connectivity index (χ1) is 6.97. The van der Waals surface area contributed by atoms with Gasteiger partial charge in [0.05, 0.1) is 0 Å². The third-order valence-electron chi connectivity index (χ3n) is 2.62. The molecule has 0 radical (unpaired) electrons. The molecule has 0 bridgehead atoms. The van der Waals surface area contributed by atoms with E-state index in [1.165, 1.54) is 36.8 Å². The van der Waals surface area contributed by atoms with Crippen LogP contribution in [0.2, 0.25) is 0 Å². The van der Waals surface area contributed by atoms with Gasteiger partial charge in [-0.15, -0.1) is 0 Å². The smallest absolute Gasteiger partial charge is 0.0228 e. The lowest BCUT2D eigenvalue weighted by Crippen LogP contribution is -1.86. The average molecular weight is 184 g/mol. The molecule has 0 nitrogen and oxygen atoms in total. The Labute approximate surface area is 86.0 Å². The molecule has 0 aromatic heterocycles. The van der Waals surface area contributed by atoms with E-state index < -0.39 is 0 Å². The molecular formula is C14H16. The monoisotopic (exact) mass is 184 g/mol. The van der Waals surface area contributed by atoms with Gasteiger partial charge in [-0.2, -0.15) is 0 Å². The van der Waals surface area contributed by atoms with E-state index in [1.807, 2.05) is 0 Å². The van der Waals surface area contributed by atoms with Gasteiger partial charge in [0.15, 0.2) is 0 Å². The fourth-order valence-electron chi connectivity index (χ4n) is 1.84. The summed E-state index contributed by atoms with van der Waals surface area (Å²) in [6.45, 7) is 0. The predicted octanol–water partition coefficient (Wildman–Crippen LogP) is 4.20. The molecule has 0 amide bonds. The van der Waals surface area contributed by atoms with Crippen LogP contribution in [0, 0.1) is 0 Å². The molecule has 0 fully saturated rings. The maximum absolute atomic E-state index is 2.39. The lowest BCUT2D eigenvalue weighted by atomic mass is 9.98. The Kier molecular flexibility index (Phi) is 3.18. The quantitative estimate of drug-likeness (QED) is 0.574. The maximum Gasteiger partial charge on any atom is -0.0228 e. The highest BCUT2D eigenvalue weighted by Gasteiger charge is 2.00. The molecule has 14 heavy (non-hydrogen) atoms. The standard InChI is InChI=1S/C14H16/c1-2-5-9-13(10-6-3-1)14-11-7-4-8-12-14/h1-2,4,7-8,10-12H,3,5-6,9H2/b2-1?,13-10-. The van der Waals surface area contributed by atoms with Gasteiger partial charge in [0.25, 0.3) is 0 Å². The molecule has 0 saturated heterocycles. The predicted molar refractivity (Wildman–Crippen MR) is 62.0 cm³/mol. The third kappa shape index (κ3) is 2.35. The largest absolute Gasteiger partial charge is 0.0882 e. The van der Waals surface area contributed by atoms with Crippen molar-refractivity contribution in [2.24, 2.45) is 0 Å². The van der Waals surface area contributed by atoms with Crippen molar-refractivity contribution in [1.82, 2.24) is 0 Å². The van der Waals surface area contributed by atoms with Gasteiger partial charge in [-0.3, -0.25) is 0 Å². The minimum Gasteiger partial charge on any atom is -0.0882 e. The van der Waals surface area contributed by atoms with Crippen LogP contribution < -0.4 is 0 Å². The van der Waals surface area contributed by atoms with Crippen molar-refractivity contribution in [3.63, 3.8) is 0 Å². The first kappa shape index (κ1) is 9.26. The number of allylic oxidation sites excluding steroid dienone is 4. The number of rotatable bonds is 1. The molecule has 0 heteroatoms. The number of hydrogen-bond donors (Lipinski definition) is 0. The molecular weight excluding hydrogens is 168 g/mol. The zero-order chi connectivity index (χ0) is 9.64. The second-order valence-electron chi connectivity index (χ2n) is 3.68. The summed E-state index contributed by atoms with van der Waals surface area (Å²) in [6, 6.07) is 10.7. The minimum atomic E-state index is 1.18. The Morgan fingerprint density at radius 3 is 2.43 bits per heavy atom. The molecule has 0 heterocycles. The molecule has 0 N–H and O–H groups in total. The van der Waals surface area contributed by atoms with Gasteiger partial charge in [-0.25, -0.2) is 0 Å². The highest BCUT2D eigenvalue weighted by atomic mass is 14.1. The van der Waals surface area contributed by atoms with Gasteiger partial charge in [0.2, 0.25) is 0 Å². The SMILES string of the molecule is C1=CCC/C(c2ccccc2)=C/CC1. The van der Waals surface area contributed by atoms with Crippen molar-refractivity contribution in [2.45, 2.75) is 25.7 Å². The second-order valence-corrected chi connectivity index (χ2v) is 3.68. The van der Waals surface area contributed by atoms with Crippen LogP contribution in [0.1, 0.15) is 31.2 Å². The summed E-state index contributed by atoms with van der Waals surface area (Å²) < 4.78 is 0. The van der Waals surface area contributed by atoms with Crippen molar-refractivity contribution in [3.05, 3.63) is 54.1 Å². The molecule has 2 rings (SSSR count). The van der Waals surface area contributed by atoms with Gasteiger partial charge in [0, 0.05) is 0 Å². The van der Waals surface area contributed by atoms with E-state index in [-0.39, 0.29) is 0 Å². The van der Waals surface area contributed by atoms with E-state index in [2.05, 4.69) is 48.6 Å². The summed E-state index contributed by atoms with van der Waals surface area (Å²) in [5.41, 5.74) is 2.90. The molecule has 0 unspecified atom stereocenters. The van der Waals surface area contributed by atoms with Crippen LogP contribution in [-0.4, -0.2) is 0 Å². The minimum absolute atomic E-state index is 1.18. The fourth-order valence-corrected chi connectivity index (χ4v) is 1.84. The molecule has 1 aromatic rings. The summed E-state index contributed by atoms with van der Waals surface area (Å²) in [4.78, 5) is 0. The first-order valence-corrected chi connectivity index (χ1v) is 5.36. The van der Waals surface area contributed by atoms with Crippen molar-refractivity contribution in [1.29, 1.82) is 0 Å². The van der Waals surface area contributed by atoms with Crippen molar-refractivity contribution >= 4 is 5.57 Å². The Morgan fingerprint density at radius 2 is 1.57 bits per heavy atom. The van der Waals surface area contributed by atoms with Crippen LogP contribution in [0.25, 0.3) is 5.57 Å². The van der Waals surface area contributed by atoms with E-state index >= 15 is 0 Å². The molecule has 0 aliphatic heterocycles. The van der Waals surface area contributed by atoms with Gasteiger partial charge >= 0.3 is 0 Å². The zero-order valence-electron chi connectivity index (χ0n) is 8.45. The van der Waals surface area contributed by atoms with Crippen LogP contribution in [0.3, 0.4) is 0 Å². The lowest BCUT2D eigenvalue weighted by molar-refractivity contribution is 0.975. The zero-order valence-corrected chi connectivity index (χ0v) is 8.45. The van der Waals surface area contributed by atoms with E-state index in [1.54, 1.807) is 0 Å². The van der Waals surface area contributed by atoms with Crippen molar-refractivity contribution in [2.75, 3.05) is 0 Å². The summed E-state index contributed by atoms with van der Waals surface area (Å²) in [6.07, 6.45) is 11.7. The first-order valence-electron chi connectivity index (χ1n) is 5.36. The lowest BCUT2D eigenvalue weighted by Gasteiger charge is -2.08. The van der Waals surface area contributed by atoms with E-state index in [4.69, 9.17) is 0 Å². The summed E-state index contributed by atoms with van der Waals surface area (Å²) in [5, 5.41) is 0. The fraction of sp³-hybridized carbons (Fsp3) is 0.286.